The summed E-state index contributed by atoms with van der Waals surface area (Å²) in [5.41, 5.74) is 0. The van der Waals surface area contributed by atoms with E-state index in [1.165, 1.54) is 32.1 Å². The van der Waals surface area contributed by atoms with E-state index in [-0.39, 0.29) is 11.9 Å². The number of carbonyl (C=O) groups excluding carboxylic acids is 1. The van der Waals surface area contributed by atoms with Crippen LogP contribution in [0.1, 0.15) is 52.9 Å². The molecule has 1 fully saturated rings. The van der Waals surface area contributed by atoms with Gasteiger partial charge in [0.05, 0.1) is 6.54 Å². The van der Waals surface area contributed by atoms with E-state index in [2.05, 4.69) is 17.6 Å². The van der Waals surface area contributed by atoms with Gasteiger partial charge in [0, 0.05) is 6.04 Å². The Morgan fingerprint density at radius 1 is 1.24 bits per heavy atom. The molecule has 2 N–H and O–H groups in total. The van der Waals surface area contributed by atoms with E-state index in [1.54, 1.807) is 0 Å². The number of carbonyl (C=O) groups is 1. The number of nitrogens with one attached hydrogen (secondary N) is 2. The summed E-state index contributed by atoms with van der Waals surface area (Å²) in [6.07, 6.45) is 6.75. The largest absolute Gasteiger partial charge is 0.353 e. The molecule has 1 saturated carbocycles. The van der Waals surface area contributed by atoms with Gasteiger partial charge < -0.3 is 10.6 Å². The van der Waals surface area contributed by atoms with Crippen LogP contribution in [0.15, 0.2) is 0 Å². The van der Waals surface area contributed by atoms with E-state index in [0.29, 0.717) is 6.54 Å². The Kier molecular flexibility index (Phi) is 6.56. The summed E-state index contributed by atoms with van der Waals surface area (Å²) in [5.74, 6) is 1.92. The monoisotopic (exact) mass is 240 g/mol. The number of rotatable bonds is 6. The van der Waals surface area contributed by atoms with Crippen molar-refractivity contribution < 1.29 is 4.79 Å². The van der Waals surface area contributed by atoms with Crippen molar-refractivity contribution in [1.82, 2.24) is 10.6 Å². The Morgan fingerprint density at radius 3 is 2.47 bits per heavy atom. The van der Waals surface area contributed by atoms with Crippen LogP contribution in [-0.2, 0) is 4.79 Å². The Bertz CT molecular complexity index is 220. The van der Waals surface area contributed by atoms with Gasteiger partial charge in [0.25, 0.3) is 0 Å². The van der Waals surface area contributed by atoms with Crippen molar-refractivity contribution in [3.63, 3.8) is 0 Å². The van der Waals surface area contributed by atoms with Crippen LogP contribution in [0.25, 0.3) is 0 Å². The molecule has 0 atom stereocenters. The van der Waals surface area contributed by atoms with Crippen molar-refractivity contribution in [2.75, 3.05) is 13.1 Å². The standard InChI is InChI=1S/C14H28N2O/c1-11(2)16-14(17)10-15-9-8-13-6-4-12(3)5-7-13/h11-13,15H,4-10H2,1-3H3,(H,16,17). The highest BCUT2D eigenvalue weighted by molar-refractivity contribution is 5.78. The van der Waals surface area contributed by atoms with Crippen LogP contribution in [0.4, 0.5) is 0 Å². The first kappa shape index (κ1) is 14.5. The van der Waals surface area contributed by atoms with Gasteiger partial charge in [0.15, 0.2) is 0 Å². The van der Waals surface area contributed by atoms with Gasteiger partial charge in [-0.2, -0.15) is 0 Å². The maximum absolute atomic E-state index is 11.4. The first-order valence-electron chi connectivity index (χ1n) is 7.08. The van der Waals surface area contributed by atoms with Gasteiger partial charge in [-0.25, -0.2) is 0 Å². The molecule has 0 aromatic carbocycles. The Hall–Kier alpha value is -0.570. The molecule has 0 aromatic heterocycles. The molecule has 0 radical (unpaired) electrons. The molecule has 0 spiro atoms. The summed E-state index contributed by atoms with van der Waals surface area (Å²) < 4.78 is 0. The molecule has 0 heterocycles. The lowest BCUT2D eigenvalue weighted by molar-refractivity contribution is -0.120. The molecule has 1 rings (SSSR count). The third-order valence-corrected chi connectivity index (χ3v) is 3.60. The zero-order valence-electron chi connectivity index (χ0n) is 11.6. The van der Waals surface area contributed by atoms with Crippen LogP contribution >= 0.6 is 0 Å². The predicted octanol–water partition coefficient (Wildman–Crippen LogP) is 2.32. The summed E-state index contributed by atoms with van der Waals surface area (Å²) >= 11 is 0. The Balaban J connectivity index is 1.99. The minimum Gasteiger partial charge on any atom is -0.353 e. The van der Waals surface area contributed by atoms with Crippen LogP contribution in [0, 0.1) is 11.8 Å². The summed E-state index contributed by atoms with van der Waals surface area (Å²) in [6.45, 7) is 7.76. The van der Waals surface area contributed by atoms with Crippen molar-refractivity contribution >= 4 is 5.91 Å². The zero-order valence-corrected chi connectivity index (χ0v) is 11.6. The van der Waals surface area contributed by atoms with Crippen molar-refractivity contribution in [2.45, 2.75) is 58.9 Å². The van der Waals surface area contributed by atoms with Crippen molar-refractivity contribution in [2.24, 2.45) is 11.8 Å². The average Bonchev–Trinajstić information content (AvgIpc) is 2.26. The lowest BCUT2D eigenvalue weighted by atomic mass is 9.81. The Labute approximate surface area is 106 Å². The highest BCUT2D eigenvalue weighted by Crippen LogP contribution is 2.29. The van der Waals surface area contributed by atoms with Gasteiger partial charge >= 0.3 is 0 Å². The molecule has 1 aliphatic carbocycles. The summed E-state index contributed by atoms with van der Waals surface area (Å²) in [6, 6.07) is 0.240. The van der Waals surface area contributed by atoms with E-state index in [9.17, 15) is 4.79 Å². The molecular formula is C14H28N2O. The second-order valence-electron chi connectivity index (χ2n) is 5.81. The van der Waals surface area contributed by atoms with Crippen molar-refractivity contribution in [1.29, 1.82) is 0 Å². The van der Waals surface area contributed by atoms with Gasteiger partial charge in [0.1, 0.15) is 0 Å². The summed E-state index contributed by atoms with van der Waals surface area (Å²) in [4.78, 5) is 11.4. The maximum Gasteiger partial charge on any atom is 0.234 e. The molecule has 17 heavy (non-hydrogen) atoms. The summed E-state index contributed by atoms with van der Waals surface area (Å²) in [5, 5.41) is 6.12. The second kappa shape index (κ2) is 7.70. The van der Waals surface area contributed by atoms with Crippen LogP contribution in [-0.4, -0.2) is 25.0 Å². The molecule has 0 unspecified atom stereocenters. The summed E-state index contributed by atoms with van der Waals surface area (Å²) in [7, 11) is 0. The number of hydrogen-bond acceptors (Lipinski definition) is 2. The minimum absolute atomic E-state index is 0.109. The Morgan fingerprint density at radius 2 is 1.88 bits per heavy atom. The van der Waals surface area contributed by atoms with E-state index in [4.69, 9.17) is 0 Å². The second-order valence-corrected chi connectivity index (χ2v) is 5.81. The highest BCUT2D eigenvalue weighted by Gasteiger charge is 2.17. The molecule has 0 saturated heterocycles. The van der Waals surface area contributed by atoms with Crippen molar-refractivity contribution in [3.8, 4) is 0 Å². The molecule has 3 heteroatoms. The van der Waals surface area contributed by atoms with Crippen LogP contribution < -0.4 is 10.6 Å². The van der Waals surface area contributed by atoms with Crippen LogP contribution in [0.2, 0.25) is 0 Å². The lowest BCUT2D eigenvalue weighted by Gasteiger charge is -2.26. The van der Waals surface area contributed by atoms with Gasteiger partial charge in [-0.05, 0) is 38.6 Å². The number of amides is 1. The molecule has 0 aliphatic heterocycles. The molecule has 1 aliphatic rings. The van der Waals surface area contributed by atoms with E-state index in [1.807, 2.05) is 13.8 Å². The van der Waals surface area contributed by atoms with Gasteiger partial charge in [-0.3, -0.25) is 4.79 Å². The third kappa shape index (κ3) is 6.67. The normalized spacial score (nSPS) is 24.9. The minimum atomic E-state index is 0.109. The molecule has 100 valence electrons. The fourth-order valence-corrected chi connectivity index (χ4v) is 2.50. The molecule has 1 amide bonds. The zero-order chi connectivity index (χ0) is 12.7. The smallest absolute Gasteiger partial charge is 0.234 e. The average molecular weight is 240 g/mol. The number of hydrogen-bond donors (Lipinski definition) is 2. The highest BCUT2D eigenvalue weighted by atomic mass is 16.1. The van der Waals surface area contributed by atoms with E-state index in [0.717, 1.165) is 18.4 Å². The van der Waals surface area contributed by atoms with E-state index >= 15 is 0 Å². The van der Waals surface area contributed by atoms with Crippen molar-refractivity contribution in [3.05, 3.63) is 0 Å². The predicted molar refractivity (Wildman–Crippen MR) is 71.9 cm³/mol. The fourth-order valence-electron chi connectivity index (χ4n) is 2.50. The molecule has 0 bridgehead atoms. The maximum atomic E-state index is 11.4. The first-order valence-corrected chi connectivity index (χ1v) is 7.08. The van der Waals surface area contributed by atoms with Gasteiger partial charge in [-0.1, -0.05) is 32.6 Å². The third-order valence-electron chi connectivity index (χ3n) is 3.60. The molecule has 0 aromatic rings. The fraction of sp³-hybridized carbons (Fsp3) is 0.929. The first-order chi connectivity index (χ1) is 8.08. The SMILES string of the molecule is CC1CCC(CCNCC(=O)NC(C)C)CC1. The van der Waals surface area contributed by atoms with Crippen LogP contribution in [0.5, 0.6) is 0 Å². The van der Waals surface area contributed by atoms with Gasteiger partial charge in [-0.15, -0.1) is 0 Å². The quantitative estimate of drug-likeness (QED) is 0.700. The van der Waals surface area contributed by atoms with E-state index < -0.39 is 0 Å². The molecule has 3 nitrogen and oxygen atoms in total. The van der Waals surface area contributed by atoms with Gasteiger partial charge in [0.2, 0.25) is 5.91 Å². The topological polar surface area (TPSA) is 41.1 Å². The lowest BCUT2D eigenvalue weighted by Crippen LogP contribution is -2.38. The molecular weight excluding hydrogens is 212 g/mol. The van der Waals surface area contributed by atoms with Crippen LogP contribution in [0.3, 0.4) is 0 Å².